The van der Waals surface area contributed by atoms with Gasteiger partial charge in [0.1, 0.15) is 0 Å². The monoisotopic (exact) mass is 277 g/mol. The molecule has 2 N–H and O–H groups in total. The zero-order valence-electron chi connectivity index (χ0n) is 9.67. The molecular weight excluding hydrogens is 263 g/mol. The third-order valence-electron chi connectivity index (χ3n) is 2.79. The lowest BCUT2D eigenvalue weighted by molar-refractivity contribution is -0.137. The topological polar surface area (TPSA) is 35.2 Å². The lowest BCUT2D eigenvalue weighted by atomic mass is 10.2. The largest absolute Gasteiger partial charge is 0.416 e. The molecule has 18 heavy (non-hydrogen) atoms. The molecule has 0 spiro atoms. The van der Waals surface area contributed by atoms with Gasteiger partial charge in [-0.15, -0.1) is 11.8 Å². The van der Waals surface area contributed by atoms with E-state index in [1.54, 1.807) is 0 Å². The summed E-state index contributed by atoms with van der Waals surface area (Å²) in [7, 11) is 0. The molecule has 1 saturated heterocycles. The van der Waals surface area contributed by atoms with Crippen LogP contribution in [0, 0.1) is 0 Å². The first-order chi connectivity index (χ1) is 8.47. The van der Waals surface area contributed by atoms with Crippen LogP contribution < -0.4 is 5.73 Å². The van der Waals surface area contributed by atoms with E-state index < -0.39 is 11.7 Å². The molecule has 0 bridgehead atoms. The number of nitrogen functional groups attached to an aromatic ring is 1. The quantitative estimate of drug-likeness (QED) is 0.677. The molecule has 1 aliphatic heterocycles. The molecule has 0 saturated carbocycles. The average Bonchev–Trinajstić information content (AvgIpc) is 2.79. The van der Waals surface area contributed by atoms with Crippen molar-refractivity contribution in [3.63, 3.8) is 0 Å². The van der Waals surface area contributed by atoms with Gasteiger partial charge in [0.25, 0.3) is 0 Å². The summed E-state index contributed by atoms with van der Waals surface area (Å²) in [6.07, 6.45) is -2.09. The van der Waals surface area contributed by atoms with Crippen molar-refractivity contribution < 1.29 is 17.9 Å². The zero-order chi connectivity index (χ0) is 13.2. The van der Waals surface area contributed by atoms with Crippen molar-refractivity contribution in [3.8, 4) is 0 Å². The van der Waals surface area contributed by atoms with Gasteiger partial charge in [-0.25, -0.2) is 0 Å². The zero-order valence-corrected chi connectivity index (χ0v) is 10.5. The van der Waals surface area contributed by atoms with Crippen LogP contribution >= 0.6 is 11.8 Å². The van der Waals surface area contributed by atoms with Gasteiger partial charge in [-0.3, -0.25) is 0 Å². The molecule has 0 aliphatic carbocycles. The summed E-state index contributed by atoms with van der Waals surface area (Å²) < 4.78 is 42.8. The van der Waals surface area contributed by atoms with Crippen LogP contribution in [-0.4, -0.2) is 18.5 Å². The van der Waals surface area contributed by atoms with E-state index in [0.717, 1.165) is 37.3 Å². The smallest absolute Gasteiger partial charge is 0.398 e. The second-order valence-corrected chi connectivity index (χ2v) is 5.26. The van der Waals surface area contributed by atoms with Crippen LogP contribution in [0.4, 0.5) is 18.9 Å². The maximum Gasteiger partial charge on any atom is 0.416 e. The first-order valence-electron chi connectivity index (χ1n) is 5.68. The predicted molar refractivity (Wildman–Crippen MR) is 65.6 cm³/mol. The number of hydrogen-bond donors (Lipinski definition) is 1. The van der Waals surface area contributed by atoms with E-state index in [2.05, 4.69) is 0 Å². The summed E-state index contributed by atoms with van der Waals surface area (Å²) >= 11 is 1.45. The maximum absolute atomic E-state index is 12.4. The molecule has 1 unspecified atom stereocenters. The molecule has 1 aromatic carbocycles. The van der Waals surface area contributed by atoms with Crippen LogP contribution in [0.1, 0.15) is 18.4 Å². The summed E-state index contributed by atoms with van der Waals surface area (Å²) in [5.74, 6) is 0.732. The van der Waals surface area contributed by atoms with Crippen molar-refractivity contribution in [2.45, 2.75) is 30.0 Å². The Morgan fingerprint density at radius 1 is 1.39 bits per heavy atom. The molecule has 1 fully saturated rings. The number of hydrogen-bond acceptors (Lipinski definition) is 3. The van der Waals surface area contributed by atoms with E-state index in [9.17, 15) is 13.2 Å². The average molecular weight is 277 g/mol. The molecule has 1 atom stereocenters. The Balaban J connectivity index is 2.01. The molecule has 1 heterocycles. The van der Waals surface area contributed by atoms with Gasteiger partial charge in [-0.2, -0.15) is 13.2 Å². The van der Waals surface area contributed by atoms with Crippen molar-refractivity contribution >= 4 is 17.4 Å². The summed E-state index contributed by atoms with van der Waals surface area (Å²) in [4.78, 5) is 0.679. The van der Waals surface area contributed by atoms with Gasteiger partial charge in [-0.05, 0) is 31.0 Å². The van der Waals surface area contributed by atoms with Crippen LogP contribution in [0.3, 0.4) is 0 Å². The van der Waals surface area contributed by atoms with Crippen molar-refractivity contribution in [2.75, 3.05) is 18.1 Å². The highest BCUT2D eigenvalue weighted by molar-refractivity contribution is 7.99. The lowest BCUT2D eigenvalue weighted by Gasteiger charge is -2.12. The lowest BCUT2D eigenvalue weighted by Crippen LogP contribution is -2.09. The predicted octanol–water partition coefficient (Wildman–Crippen LogP) is 3.56. The number of rotatable bonds is 3. The molecule has 1 aromatic rings. The van der Waals surface area contributed by atoms with E-state index in [1.165, 1.54) is 17.8 Å². The van der Waals surface area contributed by atoms with E-state index >= 15 is 0 Å². The standard InChI is InChI=1S/C12H14F3NOS/c13-12(14,15)8-3-4-11(10(16)6-8)18-7-9-2-1-5-17-9/h3-4,6,9H,1-2,5,7,16H2. The molecule has 6 heteroatoms. The number of anilines is 1. The number of halogens is 3. The van der Waals surface area contributed by atoms with Gasteiger partial charge in [0.05, 0.1) is 11.7 Å². The highest BCUT2D eigenvalue weighted by atomic mass is 32.2. The molecular formula is C12H14F3NOS. The Morgan fingerprint density at radius 3 is 2.72 bits per heavy atom. The molecule has 0 aromatic heterocycles. The van der Waals surface area contributed by atoms with Crippen LogP contribution in [0.5, 0.6) is 0 Å². The highest BCUT2D eigenvalue weighted by Gasteiger charge is 2.30. The van der Waals surface area contributed by atoms with Gasteiger partial charge in [-0.1, -0.05) is 0 Å². The highest BCUT2D eigenvalue weighted by Crippen LogP contribution is 2.35. The fourth-order valence-corrected chi connectivity index (χ4v) is 2.83. The summed E-state index contributed by atoms with van der Waals surface area (Å²) in [5, 5.41) is 0. The summed E-state index contributed by atoms with van der Waals surface area (Å²) in [6, 6.07) is 3.48. The second kappa shape index (κ2) is 5.40. The molecule has 1 aliphatic rings. The number of benzene rings is 1. The summed E-state index contributed by atoms with van der Waals surface area (Å²) in [5.41, 5.74) is 5.11. The number of nitrogens with two attached hydrogens (primary N) is 1. The van der Waals surface area contributed by atoms with Gasteiger partial charge >= 0.3 is 6.18 Å². The first kappa shape index (κ1) is 13.5. The Hall–Kier alpha value is -0.880. The van der Waals surface area contributed by atoms with Crippen LogP contribution in [0.15, 0.2) is 23.1 Å². The molecule has 2 nitrogen and oxygen atoms in total. The van der Waals surface area contributed by atoms with E-state index in [-0.39, 0.29) is 11.8 Å². The normalized spacial score (nSPS) is 20.3. The molecule has 0 radical (unpaired) electrons. The van der Waals surface area contributed by atoms with E-state index in [0.29, 0.717) is 4.90 Å². The third-order valence-corrected chi connectivity index (χ3v) is 4.01. The van der Waals surface area contributed by atoms with Crippen LogP contribution in [-0.2, 0) is 10.9 Å². The minimum absolute atomic E-state index is 0.174. The van der Waals surface area contributed by atoms with Gasteiger partial charge < -0.3 is 10.5 Å². The molecule has 0 amide bonds. The number of ether oxygens (including phenoxy) is 1. The van der Waals surface area contributed by atoms with Crippen LogP contribution in [0.2, 0.25) is 0 Å². The van der Waals surface area contributed by atoms with Gasteiger partial charge in [0.2, 0.25) is 0 Å². The van der Waals surface area contributed by atoms with E-state index in [1.807, 2.05) is 0 Å². The fourth-order valence-electron chi connectivity index (χ4n) is 1.81. The molecule has 100 valence electrons. The first-order valence-corrected chi connectivity index (χ1v) is 6.66. The van der Waals surface area contributed by atoms with E-state index in [4.69, 9.17) is 10.5 Å². The number of thioether (sulfide) groups is 1. The summed E-state index contributed by atoms with van der Waals surface area (Å²) in [6.45, 7) is 0.772. The Labute approximate surface area is 108 Å². The SMILES string of the molecule is Nc1cc(C(F)(F)F)ccc1SCC1CCCO1. The minimum Gasteiger partial charge on any atom is -0.398 e. The second-order valence-electron chi connectivity index (χ2n) is 4.20. The van der Waals surface area contributed by atoms with Gasteiger partial charge in [0, 0.05) is 22.9 Å². The van der Waals surface area contributed by atoms with Gasteiger partial charge in [0.15, 0.2) is 0 Å². The van der Waals surface area contributed by atoms with Crippen molar-refractivity contribution in [2.24, 2.45) is 0 Å². The maximum atomic E-state index is 12.4. The fraction of sp³-hybridized carbons (Fsp3) is 0.500. The van der Waals surface area contributed by atoms with Crippen LogP contribution in [0.25, 0.3) is 0 Å². The van der Waals surface area contributed by atoms with Crippen molar-refractivity contribution in [1.29, 1.82) is 0 Å². The van der Waals surface area contributed by atoms with Crippen molar-refractivity contribution in [1.82, 2.24) is 0 Å². The minimum atomic E-state index is -4.34. The Kier molecular flexibility index (Phi) is 4.07. The Morgan fingerprint density at radius 2 is 2.17 bits per heavy atom. The third kappa shape index (κ3) is 3.32. The number of alkyl halides is 3. The Bertz CT molecular complexity index is 416. The van der Waals surface area contributed by atoms with Crippen molar-refractivity contribution in [3.05, 3.63) is 23.8 Å². The molecule has 2 rings (SSSR count).